The first-order valence-corrected chi connectivity index (χ1v) is 11.2. The van der Waals surface area contributed by atoms with Gasteiger partial charge in [0.25, 0.3) is 5.91 Å². The van der Waals surface area contributed by atoms with Crippen molar-refractivity contribution in [1.82, 2.24) is 20.1 Å². The molecule has 0 radical (unpaired) electrons. The highest BCUT2D eigenvalue weighted by Gasteiger charge is 2.13. The standard InChI is InChI=1S/C22H23ClN4O4S/c1-15-4-3-5-18(10-15)30-9-8-24-20(28)12-31-21(29)13-32-22-26-25-14-27(22)17-7-6-16(2)19(23)11-17/h3-7,10-11,14H,8-9,12-13H2,1-2H3,(H,24,28). The molecule has 1 amide bonds. The van der Waals surface area contributed by atoms with Gasteiger partial charge in [-0.3, -0.25) is 14.2 Å². The molecule has 168 valence electrons. The Balaban J connectivity index is 1.37. The largest absolute Gasteiger partial charge is 0.492 e. The quantitative estimate of drug-likeness (QED) is 0.273. The van der Waals surface area contributed by atoms with E-state index >= 15 is 0 Å². The Labute approximate surface area is 195 Å². The Hall–Kier alpha value is -3.04. The van der Waals surface area contributed by atoms with Crippen molar-refractivity contribution in [2.24, 2.45) is 0 Å². The van der Waals surface area contributed by atoms with Gasteiger partial charge in [-0.15, -0.1) is 10.2 Å². The van der Waals surface area contributed by atoms with Crippen LogP contribution < -0.4 is 10.1 Å². The Bertz CT molecular complexity index is 1090. The second-order valence-electron chi connectivity index (χ2n) is 6.88. The average Bonchev–Trinajstić information content (AvgIpc) is 3.24. The number of halogens is 1. The van der Waals surface area contributed by atoms with Crippen LogP contribution in [0.2, 0.25) is 5.02 Å². The molecule has 32 heavy (non-hydrogen) atoms. The molecule has 1 heterocycles. The first-order chi connectivity index (χ1) is 15.4. The third-order valence-corrected chi connectivity index (χ3v) is 5.64. The molecule has 0 saturated heterocycles. The first-order valence-electron chi connectivity index (χ1n) is 9.83. The van der Waals surface area contributed by atoms with E-state index in [-0.39, 0.29) is 12.4 Å². The van der Waals surface area contributed by atoms with Crippen molar-refractivity contribution < 1.29 is 19.1 Å². The van der Waals surface area contributed by atoms with Gasteiger partial charge in [-0.25, -0.2) is 0 Å². The van der Waals surface area contributed by atoms with Crippen molar-refractivity contribution in [3.63, 3.8) is 0 Å². The first kappa shape index (κ1) is 23.6. The van der Waals surface area contributed by atoms with Crippen LogP contribution in [-0.4, -0.2) is 52.2 Å². The van der Waals surface area contributed by atoms with Crippen LogP contribution in [-0.2, 0) is 14.3 Å². The average molecular weight is 475 g/mol. The van der Waals surface area contributed by atoms with Crippen molar-refractivity contribution in [3.8, 4) is 11.4 Å². The molecule has 0 atom stereocenters. The van der Waals surface area contributed by atoms with E-state index in [2.05, 4.69) is 15.5 Å². The van der Waals surface area contributed by atoms with Gasteiger partial charge in [0, 0.05) is 5.02 Å². The summed E-state index contributed by atoms with van der Waals surface area (Å²) in [5, 5.41) is 11.7. The van der Waals surface area contributed by atoms with E-state index in [9.17, 15) is 9.59 Å². The predicted molar refractivity (Wildman–Crippen MR) is 122 cm³/mol. The summed E-state index contributed by atoms with van der Waals surface area (Å²) in [5.41, 5.74) is 2.84. The summed E-state index contributed by atoms with van der Waals surface area (Å²) in [6, 6.07) is 13.2. The second kappa shape index (κ2) is 11.5. The van der Waals surface area contributed by atoms with Gasteiger partial charge in [0.1, 0.15) is 18.7 Å². The lowest BCUT2D eigenvalue weighted by Crippen LogP contribution is -2.32. The van der Waals surface area contributed by atoms with Crippen molar-refractivity contribution in [1.29, 1.82) is 0 Å². The maximum absolute atomic E-state index is 12.0. The fraction of sp³-hybridized carbons (Fsp3) is 0.273. The molecule has 0 bridgehead atoms. The van der Waals surface area contributed by atoms with E-state index in [4.69, 9.17) is 21.1 Å². The van der Waals surface area contributed by atoms with Crippen LogP contribution in [0.4, 0.5) is 0 Å². The molecule has 0 unspecified atom stereocenters. The molecular formula is C22H23ClN4O4S. The number of carbonyl (C=O) groups is 2. The summed E-state index contributed by atoms with van der Waals surface area (Å²) < 4.78 is 12.3. The Morgan fingerprint density at radius 2 is 2.03 bits per heavy atom. The number of nitrogens with zero attached hydrogens (tertiary/aromatic N) is 3. The molecule has 0 aliphatic carbocycles. The fourth-order valence-corrected chi connectivity index (χ4v) is 3.56. The van der Waals surface area contributed by atoms with Crippen LogP contribution in [0.1, 0.15) is 11.1 Å². The number of nitrogens with one attached hydrogen (secondary N) is 1. The normalized spacial score (nSPS) is 10.6. The smallest absolute Gasteiger partial charge is 0.316 e. The number of hydrogen-bond acceptors (Lipinski definition) is 7. The molecule has 0 spiro atoms. The van der Waals surface area contributed by atoms with Crippen molar-refractivity contribution in [2.75, 3.05) is 25.5 Å². The van der Waals surface area contributed by atoms with Crippen LogP contribution >= 0.6 is 23.4 Å². The fourth-order valence-electron chi connectivity index (χ4n) is 2.66. The highest BCUT2D eigenvalue weighted by molar-refractivity contribution is 7.99. The van der Waals surface area contributed by atoms with E-state index < -0.39 is 11.9 Å². The maximum atomic E-state index is 12.0. The van der Waals surface area contributed by atoms with Crippen LogP contribution in [0.15, 0.2) is 53.9 Å². The molecule has 2 aromatic carbocycles. The summed E-state index contributed by atoms with van der Waals surface area (Å²) in [5.74, 6) is -0.197. The lowest BCUT2D eigenvalue weighted by molar-refractivity contribution is -0.145. The number of ether oxygens (including phenoxy) is 2. The number of carbonyl (C=O) groups excluding carboxylic acids is 2. The van der Waals surface area contributed by atoms with E-state index in [0.29, 0.717) is 23.3 Å². The zero-order valence-electron chi connectivity index (χ0n) is 17.7. The number of aryl methyl sites for hydroxylation is 2. The monoisotopic (exact) mass is 474 g/mol. The number of esters is 1. The number of aromatic nitrogens is 3. The van der Waals surface area contributed by atoms with Crippen molar-refractivity contribution in [2.45, 2.75) is 19.0 Å². The Morgan fingerprint density at radius 1 is 1.19 bits per heavy atom. The van der Waals surface area contributed by atoms with Crippen molar-refractivity contribution >= 4 is 35.2 Å². The number of amides is 1. The zero-order chi connectivity index (χ0) is 22.9. The van der Waals surface area contributed by atoms with E-state index in [0.717, 1.165) is 34.3 Å². The van der Waals surface area contributed by atoms with E-state index in [1.807, 2.05) is 50.2 Å². The van der Waals surface area contributed by atoms with Gasteiger partial charge in [-0.05, 0) is 49.2 Å². The van der Waals surface area contributed by atoms with E-state index in [1.165, 1.54) is 0 Å². The summed E-state index contributed by atoms with van der Waals surface area (Å²) in [6.07, 6.45) is 1.54. The number of thioether (sulfide) groups is 1. The molecule has 8 nitrogen and oxygen atoms in total. The van der Waals surface area contributed by atoms with Crippen LogP contribution in [0.25, 0.3) is 5.69 Å². The molecule has 0 fully saturated rings. The highest BCUT2D eigenvalue weighted by atomic mass is 35.5. The Morgan fingerprint density at radius 3 is 2.81 bits per heavy atom. The van der Waals surface area contributed by atoms with Gasteiger partial charge in [-0.1, -0.05) is 41.6 Å². The summed E-state index contributed by atoms with van der Waals surface area (Å²) in [6.45, 7) is 4.16. The number of rotatable bonds is 10. The van der Waals surface area contributed by atoms with Gasteiger partial charge in [0.2, 0.25) is 0 Å². The molecule has 3 rings (SSSR count). The topological polar surface area (TPSA) is 95.3 Å². The molecule has 3 aromatic rings. The zero-order valence-corrected chi connectivity index (χ0v) is 19.3. The van der Waals surface area contributed by atoms with Crippen LogP contribution in [0, 0.1) is 13.8 Å². The summed E-state index contributed by atoms with van der Waals surface area (Å²) in [4.78, 5) is 23.9. The molecule has 1 N–H and O–H groups in total. The van der Waals surface area contributed by atoms with Crippen LogP contribution in [0.5, 0.6) is 5.75 Å². The lowest BCUT2D eigenvalue weighted by atomic mass is 10.2. The van der Waals surface area contributed by atoms with Gasteiger partial charge >= 0.3 is 5.97 Å². The van der Waals surface area contributed by atoms with Gasteiger partial charge in [0.05, 0.1) is 18.0 Å². The minimum absolute atomic E-state index is 0.0119. The summed E-state index contributed by atoms with van der Waals surface area (Å²) >= 11 is 7.34. The molecule has 0 aliphatic rings. The second-order valence-corrected chi connectivity index (χ2v) is 8.23. The molecular weight excluding hydrogens is 452 g/mol. The minimum atomic E-state index is -0.530. The molecule has 1 aromatic heterocycles. The lowest BCUT2D eigenvalue weighted by Gasteiger charge is -2.09. The van der Waals surface area contributed by atoms with Gasteiger partial charge < -0.3 is 14.8 Å². The maximum Gasteiger partial charge on any atom is 0.316 e. The third-order valence-electron chi connectivity index (χ3n) is 4.32. The SMILES string of the molecule is Cc1cccc(OCCNC(=O)COC(=O)CSc2nncn2-c2ccc(C)c(Cl)c2)c1. The minimum Gasteiger partial charge on any atom is -0.492 e. The Kier molecular flexibility index (Phi) is 8.52. The molecule has 0 saturated carbocycles. The highest BCUT2D eigenvalue weighted by Crippen LogP contribution is 2.23. The molecule has 0 aliphatic heterocycles. The van der Waals surface area contributed by atoms with Gasteiger partial charge in [-0.2, -0.15) is 0 Å². The number of hydrogen-bond donors (Lipinski definition) is 1. The van der Waals surface area contributed by atoms with E-state index in [1.54, 1.807) is 17.0 Å². The van der Waals surface area contributed by atoms with Crippen LogP contribution in [0.3, 0.4) is 0 Å². The summed E-state index contributed by atoms with van der Waals surface area (Å²) in [7, 11) is 0. The number of benzene rings is 2. The molecule has 10 heteroatoms. The predicted octanol–water partition coefficient (Wildman–Crippen LogP) is 3.37. The third kappa shape index (κ3) is 7.00. The van der Waals surface area contributed by atoms with Crippen molar-refractivity contribution in [3.05, 3.63) is 64.9 Å². The van der Waals surface area contributed by atoms with Gasteiger partial charge in [0.15, 0.2) is 11.8 Å².